The van der Waals surface area contributed by atoms with Crippen LogP contribution < -0.4 is 22.7 Å². The van der Waals surface area contributed by atoms with Crippen LogP contribution in [-0.4, -0.2) is 0 Å². The van der Waals surface area contributed by atoms with Crippen LogP contribution in [0, 0.1) is 0 Å². The molecule has 3 aromatic carbocycles. The van der Waals surface area contributed by atoms with Gasteiger partial charge in [0.2, 0.25) is 11.2 Å². The van der Waals surface area contributed by atoms with Crippen LogP contribution >= 0.6 is 0 Å². The number of aryl methyl sites for hydroxylation is 1. The summed E-state index contributed by atoms with van der Waals surface area (Å²) in [4.78, 5) is 0. The fourth-order valence-electron chi connectivity index (χ4n) is 3.49. The Morgan fingerprint density at radius 3 is 2.17 bits per heavy atom. The zero-order chi connectivity index (χ0) is 15.8. The largest absolute Gasteiger partial charge is 1.00 e. The number of benzene rings is 3. The molecule has 0 saturated carbocycles. The third-order valence-corrected chi connectivity index (χ3v) is 4.45. The molecule has 0 radical (unpaired) electrons. The molecule has 1 aromatic heterocycles. The van der Waals surface area contributed by atoms with E-state index in [0.29, 0.717) is 0 Å². The highest BCUT2D eigenvalue weighted by molar-refractivity contribution is 6.13. The monoisotopic (exact) mass is 334 g/mol. The number of nitrogen functional groups attached to an aromatic ring is 1. The van der Waals surface area contributed by atoms with Crippen molar-refractivity contribution in [2.24, 2.45) is 0 Å². The Hall–Kier alpha value is -2.58. The lowest BCUT2D eigenvalue weighted by molar-refractivity contribution is -0.655. The van der Waals surface area contributed by atoms with Crippen molar-refractivity contribution in [1.82, 2.24) is 0 Å². The molecule has 0 atom stereocenters. The molecule has 2 nitrogen and oxygen atoms in total. The smallest absolute Gasteiger partial charge is 0.220 e. The third-order valence-electron chi connectivity index (χ3n) is 4.45. The van der Waals surface area contributed by atoms with Gasteiger partial charge in [-0.15, -0.1) is 0 Å². The van der Waals surface area contributed by atoms with Crippen LogP contribution in [0.1, 0.15) is 6.92 Å². The van der Waals surface area contributed by atoms with Gasteiger partial charge in [0, 0.05) is 22.7 Å². The molecule has 0 spiro atoms. The molecule has 1 heterocycles. The molecule has 4 aromatic rings. The van der Waals surface area contributed by atoms with E-state index in [9.17, 15) is 0 Å². The van der Waals surface area contributed by atoms with E-state index in [-0.39, 0.29) is 12.4 Å². The summed E-state index contributed by atoms with van der Waals surface area (Å²) in [7, 11) is 0. The normalized spacial score (nSPS) is 10.7. The third kappa shape index (κ3) is 2.40. The second-order valence-electron chi connectivity index (χ2n) is 5.75. The van der Waals surface area contributed by atoms with E-state index in [1.54, 1.807) is 0 Å². The lowest BCUT2D eigenvalue weighted by atomic mass is 9.98. The molecule has 24 heavy (non-hydrogen) atoms. The molecule has 0 unspecified atom stereocenters. The van der Waals surface area contributed by atoms with Gasteiger partial charge in [-0.2, -0.15) is 4.57 Å². The number of rotatable bonds is 2. The SMILES string of the molecule is CC[n+]1c(-c2ccccc2)c2ccccc2c2c(N)cccc21.[Cl-]. The van der Waals surface area contributed by atoms with E-state index in [0.717, 1.165) is 17.6 Å². The molecular formula is C21H19ClN2. The van der Waals surface area contributed by atoms with Gasteiger partial charge in [-0.1, -0.05) is 42.5 Å². The van der Waals surface area contributed by atoms with E-state index in [1.165, 1.54) is 27.5 Å². The molecule has 3 heteroatoms. The standard InChI is InChI=1S/C21H18N2.ClH/c1-2-23-19-14-8-13-18(22)20(19)16-11-6-7-12-17(16)21(23)15-9-4-3-5-10-15;/h3-14,22H,2H2,1H3;1H. The first-order valence-corrected chi connectivity index (χ1v) is 7.99. The predicted octanol–water partition coefficient (Wildman–Crippen LogP) is 1.55. The molecule has 4 rings (SSSR count). The number of pyridine rings is 1. The number of hydrogen-bond acceptors (Lipinski definition) is 1. The molecule has 0 bridgehead atoms. The zero-order valence-corrected chi connectivity index (χ0v) is 14.3. The maximum Gasteiger partial charge on any atom is 0.220 e. The molecule has 120 valence electrons. The summed E-state index contributed by atoms with van der Waals surface area (Å²) in [6.45, 7) is 3.08. The number of nitrogens with two attached hydrogens (primary N) is 1. The van der Waals surface area contributed by atoms with E-state index in [4.69, 9.17) is 5.73 Å². The van der Waals surface area contributed by atoms with Gasteiger partial charge in [-0.25, -0.2) is 0 Å². The van der Waals surface area contributed by atoms with Gasteiger partial charge in [-0.3, -0.25) is 0 Å². The quantitative estimate of drug-likeness (QED) is 0.336. The van der Waals surface area contributed by atoms with Crippen molar-refractivity contribution in [3.05, 3.63) is 72.8 Å². The van der Waals surface area contributed by atoms with Gasteiger partial charge in [0.1, 0.15) is 6.54 Å². The first-order chi connectivity index (χ1) is 11.3. The summed E-state index contributed by atoms with van der Waals surface area (Å²) >= 11 is 0. The fraction of sp³-hybridized carbons (Fsp3) is 0.0952. The van der Waals surface area contributed by atoms with E-state index in [2.05, 4.69) is 72.2 Å². The second-order valence-corrected chi connectivity index (χ2v) is 5.75. The number of halogens is 1. The Morgan fingerprint density at radius 1 is 0.792 bits per heavy atom. The first-order valence-electron chi connectivity index (χ1n) is 7.99. The highest BCUT2D eigenvalue weighted by Gasteiger charge is 2.22. The van der Waals surface area contributed by atoms with Crippen LogP contribution in [0.5, 0.6) is 0 Å². The van der Waals surface area contributed by atoms with Gasteiger partial charge < -0.3 is 18.1 Å². The number of aromatic nitrogens is 1. The fourth-order valence-corrected chi connectivity index (χ4v) is 3.49. The number of anilines is 1. The molecule has 0 aliphatic carbocycles. The Kier molecular flexibility index (Phi) is 4.41. The van der Waals surface area contributed by atoms with Gasteiger partial charge in [0.25, 0.3) is 0 Å². The maximum atomic E-state index is 6.32. The summed E-state index contributed by atoms with van der Waals surface area (Å²) < 4.78 is 2.36. The van der Waals surface area contributed by atoms with E-state index >= 15 is 0 Å². The van der Waals surface area contributed by atoms with Crippen LogP contribution in [0.3, 0.4) is 0 Å². The van der Waals surface area contributed by atoms with Gasteiger partial charge in [0.15, 0.2) is 0 Å². The summed E-state index contributed by atoms with van der Waals surface area (Å²) in [6, 6.07) is 25.3. The van der Waals surface area contributed by atoms with Gasteiger partial charge >= 0.3 is 0 Å². The lowest BCUT2D eigenvalue weighted by Crippen LogP contribution is -3.00. The lowest BCUT2D eigenvalue weighted by Gasteiger charge is -2.12. The van der Waals surface area contributed by atoms with Crippen LogP contribution in [0.25, 0.3) is 32.9 Å². The number of fused-ring (bicyclic) bond motifs is 3. The van der Waals surface area contributed by atoms with Crippen molar-refractivity contribution < 1.29 is 17.0 Å². The Morgan fingerprint density at radius 2 is 1.46 bits per heavy atom. The summed E-state index contributed by atoms with van der Waals surface area (Å²) in [6.07, 6.45) is 0. The van der Waals surface area contributed by atoms with Crippen molar-refractivity contribution >= 4 is 27.4 Å². The number of hydrogen-bond donors (Lipinski definition) is 1. The average molecular weight is 335 g/mol. The Balaban J connectivity index is 0.00000169. The van der Waals surface area contributed by atoms with Crippen molar-refractivity contribution in [3.63, 3.8) is 0 Å². The molecule has 2 N–H and O–H groups in total. The first kappa shape index (κ1) is 16.3. The molecular weight excluding hydrogens is 316 g/mol. The van der Waals surface area contributed by atoms with Crippen molar-refractivity contribution in [1.29, 1.82) is 0 Å². The minimum atomic E-state index is 0. The van der Waals surface area contributed by atoms with Gasteiger partial charge in [0.05, 0.1) is 10.8 Å². The van der Waals surface area contributed by atoms with Crippen molar-refractivity contribution in [3.8, 4) is 11.3 Å². The second kappa shape index (κ2) is 6.50. The highest BCUT2D eigenvalue weighted by atomic mass is 35.5. The molecule has 0 fully saturated rings. The predicted molar refractivity (Wildman–Crippen MR) is 97.2 cm³/mol. The topological polar surface area (TPSA) is 29.9 Å². The van der Waals surface area contributed by atoms with E-state index < -0.39 is 0 Å². The van der Waals surface area contributed by atoms with Crippen LogP contribution in [0.2, 0.25) is 0 Å². The summed E-state index contributed by atoms with van der Waals surface area (Å²) in [5.74, 6) is 0. The van der Waals surface area contributed by atoms with Crippen molar-refractivity contribution in [2.45, 2.75) is 13.5 Å². The average Bonchev–Trinajstić information content (AvgIpc) is 2.61. The Bertz CT molecular complexity index is 1010. The van der Waals surface area contributed by atoms with Crippen LogP contribution in [0.15, 0.2) is 72.8 Å². The molecule has 0 saturated heterocycles. The van der Waals surface area contributed by atoms with Crippen molar-refractivity contribution in [2.75, 3.05) is 5.73 Å². The number of nitrogens with zero attached hydrogens (tertiary/aromatic N) is 1. The van der Waals surface area contributed by atoms with E-state index in [1.807, 2.05) is 12.1 Å². The zero-order valence-electron chi connectivity index (χ0n) is 13.5. The van der Waals surface area contributed by atoms with Gasteiger partial charge in [-0.05, 0) is 31.2 Å². The molecule has 0 amide bonds. The Labute approximate surface area is 148 Å². The van der Waals surface area contributed by atoms with Crippen LogP contribution in [-0.2, 0) is 6.54 Å². The minimum absolute atomic E-state index is 0. The minimum Gasteiger partial charge on any atom is -1.00 e. The highest BCUT2D eigenvalue weighted by Crippen LogP contribution is 2.33. The summed E-state index contributed by atoms with van der Waals surface area (Å²) in [5, 5.41) is 3.60. The van der Waals surface area contributed by atoms with Crippen LogP contribution in [0.4, 0.5) is 5.69 Å². The summed E-state index contributed by atoms with van der Waals surface area (Å²) in [5.41, 5.74) is 10.8. The maximum absolute atomic E-state index is 6.32. The molecule has 0 aliphatic rings. The molecule has 0 aliphatic heterocycles.